The lowest BCUT2D eigenvalue weighted by Gasteiger charge is -2.10. The second-order valence-corrected chi connectivity index (χ2v) is 4.90. The van der Waals surface area contributed by atoms with Crippen LogP contribution in [0.5, 0.6) is 11.5 Å². The lowest BCUT2D eigenvalue weighted by Crippen LogP contribution is -2.28. The van der Waals surface area contributed by atoms with Crippen LogP contribution in [0, 0.1) is 0 Å². The van der Waals surface area contributed by atoms with E-state index in [0.717, 1.165) is 0 Å². The van der Waals surface area contributed by atoms with Crippen LogP contribution in [0.4, 0.5) is 5.69 Å². The monoisotopic (exact) mass is 334 g/mol. The Balaban J connectivity index is 2.09. The van der Waals surface area contributed by atoms with Gasteiger partial charge in [-0.3, -0.25) is 4.79 Å². The van der Waals surface area contributed by atoms with Gasteiger partial charge in [0.1, 0.15) is 18.1 Å². The fourth-order valence-electron chi connectivity index (χ4n) is 1.82. The van der Waals surface area contributed by atoms with Crippen LogP contribution < -0.4 is 19.9 Å². The van der Waals surface area contributed by atoms with Crippen LogP contribution in [0.25, 0.3) is 0 Å². The van der Waals surface area contributed by atoms with E-state index in [4.69, 9.17) is 21.1 Å². The van der Waals surface area contributed by atoms with Crippen molar-refractivity contribution in [2.24, 2.45) is 0 Å². The molecule has 0 heterocycles. The zero-order valence-corrected chi connectivity index (χ0v) is 12.9. The van der Waals surface area contributed by atoms with Crippen molar-refractivity contribution >= 4 is 29.2 Å². The number of methoxy groups -OCH3 is 1. The third-order valence-corrected chi connectivity index (χ3v) is 3.16. The lowest BCUT2D eigenvalue weighted by atomic mass is 10.2. The minimum absolute atomic E-state index is 0.305. The highest BCUT2D eigenvalue weighted by molar-refractivity contribution is 6.32. The first-order valence-electron chi connectivity index (χ1n) is 6.57. The molecule has 0 spiro atoms. The van der Waals surface area contributed by atoms with Crippen molar-refractivity contribution in [3.05, 3.63) is 53.1 Å². The van der Waals surface area contributed by atoms with E-state index in [1.165, 1.54) is 19.2 Å². The van der Waals surface area contributed by atoms with Crippen molar-refractivity contribution in [1.29, 1.82) is 0 Å². The van der Waals surface area contributed by atoms with E-state index < -0.39 is 12.6 Å². The molecule has 0 saturated heterocycles. The molecular weight excluding hydrogens is 322 g/mol. The van der Waals surface area contributed by atoms with Gasteiger partial charge in [-0.05, 0) is 30.3 Å². The molecule has 0 aliphatic rings. The summed E-state index contributed by atoms with van der Waals surface area (Å²) in [6.07, 6.45) is 0. The van der Waals surface area contributed by atoms with Gasteiger partial charge < -0.3 is 24.7 Å². The molecule has 0 atom stereocenters. The van der Waals surface area contributed by atoms with Crippen LogP contribution >= 0.6 is 11.6 Å². The average Bonchev–Trinajstić information content (AvgIpc) is 2.53. The fourth-order valence-corrected chi connectivity index (χ4v) is 2.07. The summed E-state index contributed by atoms with van der Waals surface area (Å²) in [5.74, 6) is -0.917. The number of aliphatic carboxylic acids is 1. The number of ether oxygens (including phenoxy) is 2. The third-order valence-electron chi connectivity index (χ3n) is 2.86. The molecular formula is C16H13ClNO5-. The number of hydrogen-bond donors (Lipinski definition) is 1. The molecule has 0 radical (unpaired) electrons. The largest absolute Gasteiger partial charge is 0.546 e. The maximum absolute atomic E-state index is 12.2. The Morgan fingerprint density at radius 1 is 1.22 bits per heavy atom. The molecule has 2 aromatic rings. The smallest absolute Gasteiger partial charge is 0.255 e. The summed E-state index contributed by atoms with van der Waals surface area (Å²) in [6, 6.07) is 11.0. The number of carbonyl (C=O) groups excluding carboxylic acids is 2. The number of halogens is 1. The van der Waals surface area contributed by atoms with Crippen LogP contribution in [0.3, 0.4) is 0 Å². The van der Waals surface area contributed by atoms with E-state index in [1.54, 1.807) is 30.3 Å². The molecule has 0 aliphatic carbocycles. The number of nitrogens with one attached hydrogen (secondary N) is 1. The Morgan fingerprint density at radius 3 is 2.65 bits per heavy atom. The van der Waals surface area contributed by atoms with Gasteiger partial charge in [0, 0.05) is 17.3 Å². The summed E-state index contributed by atoms with van der Waals surface area (Å²) in [5.41, 5.74) is 0.814. The summed E-state index contributed by atoms with van der Waals surface area (Å²) in [6.45, 7) is -0.564. The van der Waals surface area contributed by atoms with Crippen LogP contribution in [0.1, 0.15) is 10.4 Å². The summed E-state index contributed by atoms with van der Waals surface area (Å²) in [7, 11) is 1.49. The van der Waals surface area contributed by atoms with E-state index in [-0.39, 0.29) is 5.91 Å². The Kier molecular flexibility index (Phi) is 5.43. The predicted octanol–water partition coefficient (Wildman–Crippen LogP) is 1.73. The molecule has 0 bridgehead atoms. The quantitative estimate of drug-likeness (QED) is 0.869. The zero-order valence-electron chi connectivity index (χ0n) is 12.2. The van der Waals surface area contributed by atoms with Gasteiger partial charge in [-0.1, -0.05) is 17.7 Å². The van der Waals surface area contributed by atoms with Crippen LogP contribution in [-0.4, -0.2) is 25.6 Å². The first kappa shape index (κ1) is 16.6. The predicted molar refractivity (Wildman–Crippen MR) is 82.9 cm³/mol. The van der Waals surface area contributed by atoms with Crippen molar-refractivity contribution < 1.29 is 24.2 Å². The highest BCUT2D eigenvalue weighted by Crippen LogP contribution is 2.25. The number of hydrogen-bond acceptors (Lipinski definition) is 5. The molecule has 7 heteroatoms. The van der Waals surface area contributed by atoms with Gasteiger partial charge in [-0.2, -0.15) is 0 Å². The van der Waals surface area contributed by atoms with Crippen LogP contribution in [0.2, 0.25) is 5.02 Å². The molecule has 0 saturated carbocycles. The van der Waals surface area contributed by atoms with Crippen molar-refractivity contribution in [3.8, 4) is 11.5 Å². The molecule has 0 unspecified atom stereocenters. The average molecular weight is 335 g/mol. The SMILES string of the molecule is COc1ccc(C(=O)Nc2cccc(OCC(=O)[O-])c2)cc1Cl. The molecule has 0 fully saturated rings. The molecule has 1 amide bonds. The summed E-state index contributed by atoms with van der Waals surface area (Å²) >= 11 is 5.99. The molecule has 23 heavy (non-hydrogen) atoms. The van der Waals surface area contributed by atoms with Crippen molar-refractivity contribution in [3.63, 3.8) is 0 Å². The molecule has 2 rings (SSSR count). The Labute approximate surface area is 137 Å². The Bertz CT molecular complexity index is 732. The molecule has 120 valence electrons. The van der Waals surface area contributed by atoms with Crippen LogP contribution in [-0.2, 0) is 4.79 Å². The normalized spacial score (nSPS) is 10.0. The molecule has 2 aromatic carbocycles. The number of carboxylic acid groups (broad SMARTS) is 1. The lowest BCUT2D eigenvalue weighted by molar-refractivity contribution is -0.307. The van der Waals surface area contributed by atoms with E-state index in [0.29, 0.717) is 27.8 Å². The number of anilines is 1. The number of benzene rings is 2. The van der Waals surface area contributed by atoms with Crippen molar-refractivity contribution in [2.75, 3.05) is 19.0 Å². The van der Waals surface area contributed by atoms with E-state index in [2.05, 4.69) is 5.32 Å². The maximum atomic E-state index is 12.2. The molecule has 0 aliphatic heterocycles. The number of amides is 1. The second-order valence-electron chi connectivity index (χ2n) is 4.49. The maximum Gasteiger partial charge on any atom is 0.255 e. The number of carboxylic acids is 1. The van der Waals surface area contributed by atoms with Crippen molar-refractivity contribution in [1.82, 2.24) is 0 Å². The first-order valence-corrected chi connectivity index (χ1v) is 6.95. The van der Waals surface area contributed by atoms with Gasteiger partial charge in [0.2, 0.25) is 0 Å². The minimum atomic E-state index is -1.33. The summed E-state index contributed by atoms with van der Waals surface area (Å²) in [4.78, 5) is 22.6. The topological polar surface area (TPSA) is 87.7 Å². The third kappa shape index (κ3) is 4.62. The van der Waals surface area contributed by atoms with Gasteiger partial charge in [0.05, 0.1) is 18.1 Å². The molecule has 6 nitrogen and oxygen atoms in total. The fraction of sp³-hybridized carbons (Fsp3) is 0.125. The molecule has 1 N–H and O–H groups in total. The van der Waals surface area contributed by atoms with Gasteiger partial charge in [-0.25, -0.2) is 0 Å². The van der Waals surface area contributed by atoms with Gasteiger partial charge >= 0.3 is 0 Å². The zero-order chi connectivity index (χ0) is 16.8. The highest BCUT2D eigenvalue weighted by Gasteiger charge is 2.10. The first-order chi connectivity index (χ1) is 11.0. The number of carbonyl (C=O) groups is 2. The number of rotatable bonds is 6. The van der Waals surface area contributed by atoms with Gasteiger partial charge in [-0.15, -0.1) is 0 Å². The second kappa shape index (κ2) is 7.51. The van der Waals surface area contributed by atoms with Gasteiger partial charge in [0.25, 0.3) is 5.91 Å². The van der Waals surface area contributed by atoms with E-state index in [9.17, 15) is 14.7 Å². The Hall–Kier alpha value is -2.73. The van der Waals surface area contributed by atoms with Gasteiger partial charge in [0.15, 0.2) is 0 Å². The van der Waals surface area contributed by atoms with E-state index >= 15 is 0 Å². The molecule has 0 aromatic heterocycles. The summed E-state index contributed by atoms with van der Waals surface area (Å²) < 4.78 is 10.0. The van der Waals surface area contributed by atoms with E-state index in [1.807, 2.05) is 0 Å². The highest BCUT2D eigenvalue weighted by atomic mass is 35.5. The standard InChI is InChI=1S/C16H14ClNO5/c1-22-14-6-5-10(7-13(14)17)16(21)18-11-3-2-4-12(8-11)23-9-15(19)20/h2-8H,9H2,1H3,(H,18,21)(H,19,20)/p-1. The van der Waals surface area contributed by atoms with Crippen molar-refractivity contribution in [2.45, 2.75) is 0 Å². The minimum Gasteiger partial charge on any atom is -0.546 e. The summed E-state index contributed by atoms with van der Waals surface area (Å²) in [5, 5.41) is 13.4. The van der Waals surface area contributed by atoms with Crippen LogP contribution in [0.15, 0.2) is 42.5 Å². The Morgan fingerprint density at radius 2 is 2.00 bits per heavy atom.